The number of carbonyl (C=O) groups is 1. The van der Waals surface area contributed by atoms with Crippen molar-refractivity contribution in [1.29, 1.82) is 0 Å². The van der Waals surface area contributed by atoms with Crippen molar-refractivity contribution in [3.8, 4) is 0 Å². The van der Waals surface area contributed by atoms with Gasteiger partial charge in [-0.25, -0.2) is 0 Å². The van der Waals surface area contributed by atoms with Gasteiger partial charge in [0.2, 0.25) is 5.91 Å². The predicted octanol–water partition coefficient (Wildman–Crippen LogP) is 2.97. The number of thiocarbonyl (C=S) groups is 1. The summed E-state index contributed by atoms with van der Waals surface area (Å²) in [6, 6.07) is 0.272. The van der Waals surface area contributed by atoms with Gasteiger partial charge in [0.25, 0.3) is 0 Å². The Bertz CT molecular complexity index is 296. The second-order valence-corrected chi connectivity index (χ2v) is 6.25. The molecule has 3 nitrogen and oxygen atoms in total. The third kappa shape index (κ3) is 4.23. The summed E-state index contributed by atoms with van der Waals surface area (Å²) in [5.41, 5.74) is 4.95. The number of nitrogens with two attached hydrogens (primary N) is 1. The summed E-state index contributed by atoms with van der Waals surface area (Å²) in [4.78, 5) is 14.9. The molecule has 0 unspecified atom stereocenters. The van der Waals surface area contributed by atoms with Crippen molar-refractivity contribution in [3.63, 3.8) is 0 Å². The van der Waals surface area contributed by atoms with Crippen LogP contribution in [0.4, 0.5) is 0 Å². The Kier molecular flexibility index (Phi) is 6.82. The summed E-state index contributed by atoms with van der Waals surface area (Å²) in [5.74, 6) is 0.495. The summed E-state index contributed by atoms with van der Waals surface area (Å²) >= 11 is 5.03. The molecule has 2 N–H and O–H groups in total. The average Bonchev–Trinajstić information content (AvgIpc) is 2.27. The Morgan fingerprint density at radius 3 is 2.00 bits per heavy atom. The maximum atomic E-state index is 12.7. The Labute approximate surface area is 117 Å². The second kappa shape index (κ2) is 7.07. The van der Waals surface area contributed by atoms with Gasteiger partial charge in [-0.15, -0.1) is 0 Å². The normalized spacial score (nSPS) is 12.0. The van der Waals surface area contributed by atoms with E-state index in [2.05, 4.69) is 27.7 Å². The smallest absolute Gasteiger partial charge is 0.235 e. The van der Waals surface area contributed by atoms with Gasteiger partial charge < -0.3 is 10.6 Å². The highest BCUT2D eigenvalue weighted by atomic mass is 32.1. The van der Waals surface area contributed by atoms with Crippen LogP contribution in [0.3, 0.4) is 0 Å². The van der Waals surface area contributed by atoms with E-state index in [1.807, 2.05) is 18.7 Å². The van der Waals surface area contributed by atoms with Gasteiger partial charge in [0, 0.05) is 12.6 Å². The predicted molar refractivity (Wildman–Crippen MR) is 81.5 cm³/mol. The third-order valence-electron chi connectivity index (χ3n) is 3.36. The van der Waals surface area contributed by atoms with Crippen LogP contribution in [0.1, 0.15) is 54.4 Å². The minimum Gasteiger partial charge on any atom is -0.392 e. The van der Waals surface area contributed by atoms with Crippen molar-refractivity contribution >= 4 is 23.1 Å². The molecule has 106 valence electrons. The Morgan fingerprint density at radius 1 is 1.28 bits per heavy atom. The molecule has 0 rings (SSSR count). The molecule has 0 spiro atoms. The summed E-state index contributed by atoms with van der Waals surface area (Å²) in [7, 11) is 0. The lowest BCUT2D eigenvalue weighted by Crippen LogP contribution is -2.51. The van der Waals surface area contributed by atoms with E-state index in [-0.39, 0.29) is 16.9 Å². The largest absolute Gasteiger partial charge is 0.392 e. The van der Waals surface area contributed by atoms with Crippen LogP contribution in [0.5, 0.6) is 0 Å². The third-order valence-corrected chi connectivity index (χ3v) is 3.87. The van der Waals surface area contributed by atoms with Gasteiger partial charge >= 0.3 is 0 Å². The van der Waals surface area contributed by atoms with E-state index in [0.717, 1.165) is 19.4 Å². The summed E-state index contributed by atoms with van der Waals surface area (Å²) < 4.78 is 0. The molecule has 0 aliphatic rings. The first-order chi connectivity index (χ1) is 8.18. The van der Waals surface area contributed by atoms with Gasteiger partial charge in [-0.2, -0.15) is 0 Å². The summed E-state index contributed by atoms with van der Waals surface area (Å²) in [6.45, 7) is 12.9. The average molecular weight is 272 g/mol. The molecule has 0 radical (unpaired) electrons. The molecule has 0 aromatic carbocycles. The number of nitrogens with zero attached hydrogens (tertiary/aromatic N) is 1. The first-order valence-corrected chi connectivity index (χ1v) is 7.20. The first-order valence-electron chi connectivity index (χ1n) is 6.79. The first kappa shape index (κ1) is 17.4. The maximum Gasteiger partial charge on any atom is 0.235 e. The highest BCUT2D eigenvalue weighted by molar-refractivity contribution is 7.80. The molecule has 0 saturated heterocycles. The molecule has 0 saturated carbocycles. The van der Waals surface area contributed by atoms with E-state index in [9.17, 15) is 4.79 Å². The van der Waals surface area contributed by atoms with Crippen molar-refractivity contribution in [3.05, 3.63) is 0 Å². The monoisotopic (exact) mass is 272 g/mol. The Hall–Kier alpha value is -0.640. The van der Waals surface area contributed by atoms with Gasteiger partial charge in [0.15, 0.2) is 0 Å². The van der Waals surface area contributed by atoms with E-state index in [4.69, 9.17) is 18.0 Å². The van der Waals surface area contributed by atoms with Gasteiger partial charge in [-0.1, -0.05) is 39.9 Å². The molecule has 0 atom stereocenters. The van der Waals surface area contributed by atoms with Crippen LogP contribution < -0.4 is 5.73 Å². The second-order valence-electron chi connectivity index (χ2n) is 5.81. The molecule has 4 heteroatoms. The zero-order chi connectivity index (χ0) is 14.5. The summed E-state index contributed by atoms with van der Waals surface area (Å²) in [6.07, 6.45) is 1.92. The molecule has 0 fully saturated rings. The van der Waals surface area contributed by atoms with Crippen LogP contribution in [0.15, 0.2) is 0 Å². The molecule has 0 heterocycles. The molecule has 0 aromatic rings. The lowest BCUT2D eigenvalue weighted by molar-refractivity contribution is -0.140. The van der Waals surface area contributed by atoms with E-state index in [1.54, 1.807) is 0 Å². The SMILES string of the molecule is CCC(CC)N(CC(C)C)C(=O)C(C)(C)C(N)=S. The highest BCUT2D eigenvalue weighted by Gasteiger charge is 2.37. The quantitative estimate of drug-likeness (QED) is 0.725. The number of rotatable bonds is 7. The van der Waals surface area contributed by atoms with Gasteiger partial charge in [-0.3, -0.25) is 4.79 Å². The van der Waals surface area contributed by atoms with Gasteiger partial charge in [0.1, 0.15) is 0 Å². The fraction of sp³-hybridized carbons (Fsp3) is 0.857. The molecule has 0 aliphatic carbocycles. The molecular weight excluding hydrogens is 244 g/mol. The van der Waals surface area contributed by atoms with Crippen LogP contribution in [0, 0.1) is 11.3 Å². The van der Waals surface area contributed by atoms with E-state index >= 15 is 0 Å². The molecule has 1 amide bonds. The topological polar surface area (TPSA) is 46.3 Å². The van der Waals surface area contributed by atoms with Crippen LogP contribution in [0.25, 0.3) is 0 Å². The molecule has 0 bridgehead atoms. The van der Waals surface area contributed by atoms with E-state index in [0.29, 0.717) is 5.92 Å². The zero-order valence-electron chi connectivity index (χ0n) is 12.6. The van der Waals surface area contributed by atoms with Crippen molar-refractivity contribution in [1.82, 2.24) is 4.90 Å². The van der Waals surface area contributed by atoms with Crippen molar-refractivity contribution in [2.75, 3.05) is 6.54 Å². The maximum absolute atomic E-state index is 12.7. The van der Waals surface area contributed by atoms with Crippen molar-refractivity contribution in [2.24, 2.45) is 17.1 Å². The number of carbonyl (C=O) groups excluding carboxylic acids is 1. The molecule has 0 aromatic heterocycles. The lowest BCUT2D eigenvalue weighted by atomic mass is 9.90. The van der Waals surface area contributed by atoms with Crippen LogP contribution in [0.2, 0.25) is 0 Å². The number of amides is 1. The fourth-order valence-corrected chi connectivity index (χ4v) is 2.07. The zero-order valence-corrected chi connectivity index (χ0v) is 13.4. The lowest BCUT2D eigenvalue weighted by Gasteiger charge is -2.37. The van der Waals surface area contributed by atoms with Crippen molar-refractivity contribution in [2.45, 2.75) is 60.4 Å². The van der Waals surface area contributed by atoms with Gasteiger partial charge in [-0.05, 0) is 32.6 Å². The Balaban J connectivity index is 5.19. The number of hydrogen-bond donors (Lipinski definition) is 1. The van der Waals surface area contributed by atoms with Crippen LogP contribution in [-0.2, 0) is 4.79 Å². The van der Waals surface area contributed by atoms with Crippen LogP contribution in [-0.4, -0.2) is 28.4 Å². The highest BCUT2D eigenvalue weighted by Crippen LogP contribution is 2.23. The molecule has 18 heavy (non-hydrogen) atoms. The van der Waals surface area contributed by atoms with E-state index in [1.165, 1.54) is 0 Å². The molecule has 0 aliphatic heterocycles. The fourth-order valence-electron chi connectivity index (χ4n) is 1.99. The standard InChI is InChI=1S/C14H28N2OS/c1-7-11(8-2)16(9-10(3)4)13(17)14(5,6)12(15)18/h10-11H,7-9H2,1-6H3,(H2,15,18). The number of hydrogen-bond acceptors (Lipinski definition) is 2. The summed E-state index contributed by atoms with van der Waals surface area (Å²) in [5, 5.41) is 0. The minimum absolute atomic E-state index is 0.0531. The Morgan fingerprint density at radius 2 is 1.72 bits per heavy atom. The van der Waals surface area contributed by atoms with Crippen molar-refractivity contribution < 1.29 is 4.79 Å². The minimum atomic E-state index is -0.757. The molecular formula is C14H28N2OS. The van der Waals surface area contributed by atoms with Crippen LogP contribution >= 0.6 is 12.2 Å². The van der Waals surface area contributed by atoms with E-state index < -0.39 is 5.41 Å². The van der Waals surface area contributed by atoms with Gasteiger partial charge in [0.05, 0.1) is 10.4 Å².